The van der Waals surface area contributed by atoms with E-state index in [9.17, 15) is 0 Å². The van der Waals surface area contributed by atoms with Gasteiger partial charge in [-0.1, -0.05) is 261 Å². The molecule has 25 rings (SSSR count). The lowest BCUT2D eigenvalue weighted by molar-refractivity contribution is 0.653. The lowest BCUT2D eigenvalue weighted by Crippen LogP contribution is -1.94. The number of para-hydroxylation sites is 3. The highest BCUT2D eigenvalue weighted by Crippen LogP contribution is 2.47. The molecule has 0 atom stereocenters. The summed E-state index contributed by atoms with van der Waals surface area (Å²) in [5, 5.41) is 12.3. The highest BCUT2D eigenvalue weighted by molar-refractivity contribution is 6.19. The number of hydrogen-bond acceptors (Lipinski definition) is 8. The Bertz CT molecular complexity index is 8510. The molecule has 0 saturated carbocycles. The van der Waals surface area contributed by atoms with Crippen LogP contribution in [-0.2, 0) is 0 Å². The number of furan rings is 4. The van der Waals surface area contributed by atoms with Crippen molar-refractivity contribution in [1.82, 2.24) is 29.1 Å². The van der Waals surface area contributed by atoms with Crippen molar-refractivity contribution in [3.63, 3.8) is 0 Å². The topological polar surface area (TPSA) is 114 Å². The Kier molecular flexibility index (Phi) is 14.9. The van der Waals surface area contributed by atoms with E-state index in [0.29, 0.717) is 23.1 Å². The molecule has 0 bridgehead atoms. The Balaban J connectivity index is 0.503. The molecule has 120 heavy (non-hydrogen) atoms. The van der Waals surface area contributed by atoms with Crippen molar-refractivity contribution in [3.05, 3.63) is 388 Å². The zero-order chi connectivity index (χ0) is 78.6. The van der Waals surface area contributed by atoms with Crippen LogP contribution in [0.4, 0.5) is 0 Å². The molecule has 0 aliphatic heterocycles. The first kappa shape index (κ1) is 67.1. The molecule has 0 spiro atoms. The van der Waals surface area contributed by atoms with Crippen molar-refractivity contribution in [3.8, 4) is 123 Å². The first-order valence-electron chi connectivity index (χ1n) is 40.4. The first-order valence-corrected chi connectivity index (χ1v) is 40.4. The molecule has 17 aromatic carbocycles. The minimum Gasteiger partial charge on any atom is -0.456 e. The molecule has 25 aromatic rings. The van der Waals surface area contributed by atoms with E-state index in [0.717, 1.165) is 205 Å². The van der Waals surface area contributed by atoms with Gasteiger partial charge in [0.25, 0.3) is 0 Å². The largest absolute Gasteiger partial charge is 0.456 e. The Labute approximate surface area is 685 Å². The predicted molar refractivity (Wildman–Crippen MR) is 490 cm³/mol. The standard InChI is InChI=1S/C110H64N6O4/c1-5-20-65(21-6-1)73-47-56-96-89(61-73)103-106(70-24-9-3-10-25-70)112-108(114-110(103)119-96)85-33-19-37-99-102(85)88-63-77(49-55-95(88)117-99)72-27-17-26-71(58-72)75-45-53-94-86(59-75)82-31-14-16-35-92(82)116(94)80-50-42-67(43-51-80)66-38-40-68(41-39-66)74-48-57-97-90(62-74)104-105(69-22-7-2-8-23-69)111-107(113-109(104)120-97)84-32-18-36-98-101(84)83-52-44-78(64-100(83)118-98)76-46-54-93-87(60-76)81-30-13-15-34-91(81)115(93)79-28-11-4-12-29-79/h1-64H. The third-order valence-electron chi connectivity index (χ3n) is 24.2. The molecule has 0 unspecified atom stereocenters. The molecule has 0 fully saturated rings. The van der Waals surface area contributed by atoms with Crippen molar-refractivity contribution >= 4 is 132 Å². The van der Waals surface area contributed by atoms with Gasteiger partial charge in [-0.15, -0.1) is 0 Å². The van der Waals surface area contributed by atoms with Gasteiger partial charge in [0.05, 0.1) is 44.2 Å². The van der Waals surface area contributed by atoms with Crippen LogP contribution in [0.2, 0.25) is 0 Å². The summed E-state index contributed by atoms with van der Waals surface area (Å²) in [6, 6.07) is 137. The summed E-state index contributed by atoms with van der Waals surface area (Å²) in [7, 11) is 0. The number of nitrogens with zero attached hydrogens (tertiary/aromatic N) is 6. The molecule has 0 aliphatic rings. The zero-order valence-electron chi connectivity index (χ0n) is 64.3. The predicted octanol–water partition coefficient (Wildman–Crippen LogP) is 29.7. The average molecular weight is 1530 g/mol. The number of rotatable bonds is 12. The summed E-state index contributed by atoms with van der Waals surface area (Å²) in [6.45, 7) is 0. The van der Waals surface area contributed by atoms with E-state index in [1.807, 2.05) is 60.7 Å². The summed E-state index contributed by atoms with van der Waals surface area (Å²) in [5.74, 6) is 1.12. The van der Waals surface area contributed by atoms with Crippen LogP contribution >= 0.6 is 0 Å². The summed E-state index contributed by atoms with van der Waals surface area (Å²) >= 11 is 0. The molecule has 0 saturated heterocycles. The number of fused-ring (bicyclic) bond motifs is 18. The molecule has 0 radical (unpaired) electrons. The monoisotopic (exact) mass is 1530 g/mol. The van der Waals surface area contributed by atoms with Crippen molar-refractivity contribution < 1.29 is 17.7 Å². The van der Waals surface area contributed by atoms with Crippen LogP contribution in [0.25, 0.3) is 255 Å². The molecule has 0 aliphatic carbocycles. The van der Waals surface area contributed by atoms with Gasteiger partial charge in [0.15, 0.2) is 11.6 Å². The Morgan fingerprint density at radius 2 is 0.508 bits per heavy atom. The van der Waals surface area contributed by atoms with E-state index in [2.05, 4.69) is 337 Å². The number of hydrogen-bond donors (Lipinski definition) is 0. The van der Waals surface area contributed by atoms with Gasteiger partial charge >= 0.3 is 0 Å². The maximum absolute atomic E-state index is 6.77. The maximum Gasteiger partial charge on any atom is 0.231 e. The summed E-state index contributed by atoms with van der Waals surface area (Å²) in [5.41, 5.74) is 30.9. The quantitative estimate of drug-likeness (QED) is 0.119. The van der Waals surface area contributed by atoms with Gasteiger partial charge < -0.3 is 26.8 Å². The van der Waals surface area contributed by atoms with Gasteiger partial charge in [0, 0.05) is 87.5 Å². The molecule has 558 valence electrons. The van der Waals surface area contributed by atoms with Crippen LogP contribution in [0.1, 0.15) is 0 Å². The molecular formula is C110H64N6O4. The van der Waals surface area contributed by atoms with Crippen LogP contribution in [0.5, 0.6) is 0 Å². The van der Waals surface area contributed by atoms with Gasteiger partial charge in [-0.25, -0.2) is 9.97 Å². The van der Waals surface area contributed by atoms with Crippen molar-refractivity contribution in [2.45, 2.75) is 0 Å². The van der Waals surface area contributed by atoms with E-state index < -0.39 is 0 Å². The lowest BCUT2D eigenvalue weighted by atomic mass is 9.96. The summed E-state index contributed by atoms with van der Waals surface area (Å²) < 4.78 is 31.5. The SMILES string of the molecule is c1ccc(-c2ccc3oc4nc(-c5cccc6oc7ccc(-c8cccc(-c9ccc%10c(c9)c9ccccc9n%10-c9ccc(-c%10ccc(-c%11ccc%12oc%13nc(-c%14cccc%15oc%16cc(-c%17ccc%18c(c%17)c%17ccccc%17n%18-c%17ccccc%17)ccc%16c%14%15)nc(-c%14ccccc%14)c%13c%12c%11)cc%10)cc9)c8)cc7c56)nc(-c5ccccc5)c4c3c2)cc1. The fourth-order valence-electron chi connectivity index (χ4n) is 18.6. The Morgan fingerprint density at radius 1 is 0.175 bits per heavy atom. The normalized spacial score (nSPS) is 12.0. The summed E-state index contributed by atoms with van der Waals surface area (Å²) in [6.07, 6.45) is 0. The molecule has 8 heterocycles. The van der Waals surface area contributed by atoms with Gasteiger partial charge in [-0.2, -0.15) is 9.97 Å². The molecule has 10 nitrogen and oxygen atoms in total. The van der Waals surface area contributed by atoms with Gasteiger partial charge in [-0.3, -0.25) is 0 Å². The molecule has 8 aromatic heterocycles. The third kappa shape index (κ3) is 10.8. The fourth-order valence-corrected chi connectivity index (χ4v) is 18.6. The van der Waals surface area contributed by atoms with Crippen LogP contribution < -0.4 is 0 Å². The van der Waals surface area contributed by atoms with E-state index in [1.165, 1.54) is 27.1 Å². The highest BCUT2D eigenvalue weighted by Gasteiger charge is 2.26. The Hall–Kier alpha value is -16.3. The zero-order valence-corrected chi connectivity index (χ0v) is 64.3. The van der Waals surface area contributed by atoms with E-state index in [-0.39, 0.29) is 0 Å². The van der Waals surface area contributed by atoms with E-state index >= 15 is 0 Å². The van der Waals surface area contributed by atoms with E-state index in [4.69, 9.17) is 37.6 Å². The van der Waals surface area contributed by atoms with Crippen molar-refractivity contribution in [1.29, 1.82) is 0 Å². The molecule has 0 N–H and O–H groups in total. The lowest BCUT2D eigenvalue weighted by Gasteiger charge is -2.11. The number of aromatic nitrogens is 6. The van der Waals surface area contributed by atoms with Crippen LogP contribution in [-0.4, -0.2) is 29.1 Å². The smallest absolute Gasteiger partial charge is 0.231 e. The van der Waals surface area contributed by atoms with Crippen LogP contribution in [0, 0.1) is 0 Å². The maximum atomic E-state index is 6.77. The second-order valence-electron chi connectivity index (χ2n) is 31.1. The second-order valence-corrected chi connectivity index (χ2v) is 31.1. The van der Waals surface area contributed by atoms with E-state index in [1.54, 1.807) is 0 Å². The minimum atomic E-state index is 0.517. The Morgan fingerprint density at radius 3 is 1.02 bits per heavy atom. The number of benzene rings is 17. The van der Waals surface area contributed by atoms with Crippen molar-refractivity contribution in [2.75, 3.05) is 0 Å². The van der Waals surface area contributed by atoms with Crippen LogP contribution in [0.15, 0.2) is 406 Å². The first-order chi connectivity index (χ1) is 59.4. The third-order valence-corrected chi connectivity index (χ3v) is 24.2. The second kappa shape index (κ2) is 26.6. The van der Waals surface area contributed by atoms with Gasteiger partial charge in [0.1, 0.15) is 33.5 Å². The van der Waals surface area contributed by atoms with Gasteiger partial charge in [-0.05, 0) is 194 Å². The highest BCUT2D eigenvalue weighted by atomic mass is 16.3. The summed E-state index contributed by atoms with van der Waals surface area (Å²) in [4.78, 5) is 21.4. The molecule has 10 heteroatoms. The molecule has 0 amide bonds. The van der Waals surface area contributed by atoms with Gasteiger partial charge in [0.2, 0.25) is 11.4 Å². The minimum absolute atomic E-state index is 0.517. The van der Waals surface area contributed by atoms with Crippen LogP contribution in [0.3, 0.4) is 0 Å². The average Bonchev–Trinajstić information content (AvgIpc) is 1.59. The fraction of sp³-hybridized carbons (Fsp3) is 0. The molecular weight excluding hydrogens is 1470 g/mol. The van der Waals surface area contributed by atoms with Crippen molar-refractivity contribution in [2.24, 2.45) is 0 Å².